The van der Waals surface area contributed by atoms with E-state index in [4.69, 9.17) is 11.6 Å². The van der Waals surface area contributed by atoms with Crippen LogP contribution in [0.25, 0.3) is 0 Å². The van der Waals surface area contributed by atoms with Crippen molar-refractivity contribution in [2.45, 2.75) is 30.6 Å². The molecule has 0 saturated carbocycles. The van der Waals surface area contributed by atoms with Crippen molar-refractivity contribution >= 4 is 54.6 Å². The Labute approximate surface area is 233 Å². The summed E-state index contributed by atoms with van der Waals surface area (Å²) in [6, 6.07) is 21.7. The van der Waals surface area contributed by atoms with Gasteiger partial charge in [-0.05, 0) is 98.6 Å². The molecule has 4 aromatic carbocycles. The highest BCUT2D eigenvalue weighted by atomic mass is 35.5. The molecule has 0 bridgehead atoms. The molecule has 8 nitrogen and oxygen atoms in total. The van der Waals surface area contributed by atoms with Gasteiger partial charge in [0.2, 0.25) is 0 Å². The Bertz CT molecular complexity index is 1730. The first-order valence-corrected chi connectivity index (χ1v) is 15.1. The highest BCUT2D eigenvalue weighted by Gasteiger charge is 2.21. The summed E-state index contributed by atoms with van der Waals surface area (Å²) in [5, 5.41) is 2.60. The maximum absolute atomic E-state index is 13.1. The number of sulfonamides is 2. The standard InChI is InChI=1S/C28H26ClN3O5S2/c1-18-4-7-23(8-5-18)31-38(34,35)25-11-9-22(10-12-25)30-28(33)21-6-13-26(29)27(17-21)39(36,37)32-24-15-19(2)14-20(3)16-24/h4-17,31-32H,1-3H3,(H,30,33). The van der Waals surface area contributed by atoms with Gasteiger partial charge < -0.3 is 5.32 Å². The maximum atomic E-state index is 13.1. The lowest BCUT2D eigenvalue weighted by Gasteiger charge is -2.13. The molecule has 3 N–H and O–H groups in total. The molecule has 39 heavy (non-hydrogen) atoms. The van der Waals surface area contributed by atoms with Gasteiger partial charge in [0.25, 0.3) is 26.0 Å². The highest BCUT2D eigenvalue weighted by Crippen LogP contribution is 2.27. The third kappa shape index (κ3) is 6.97. The SMILES string of the molecule is Cc1ccc(NS(=O)(=O)c2ccc(NC(=O)c3ccc(Cl)c(S(=O)(=O)Nc4cc(C)cc(C)c4)c3)cc2)cc1. The van der Waals surface area contributed by atoms with Crippen LogP contribution in [0, 0.1) is 20.8 Å². The monoisotopic (exact) mass is 583 g/mol. The molecule has 0 spiro atoms. The van der Waals surface area contributed by atoms with Gasteiger partial charge in [0.1, 0.15) is 4.90 Å². The third-order valence-electron chi connectivity index (χ3n) is 5.68. The summed E-state index contributed by atoms with van der Waals surface area (Å²) in [6.45, 7) is 5.61. The summed E-state index contributed by atoms with van der Waals surface area (Å²) in [5.41, 5.74) is 3.96. The summed E-state index contributed by atoms with van der Waals surface area (Å²) in [7, 11) is -7.93. The van der Waals surface area contributed by atoms with Gasteiger partial charge in [0, 0.05) is 22.6 Å². The first-order chi connectivity index (χ1) is 18.3. The lowest BCUT2D eigenvalue weighted by Crippen LogP contribution is -2.17. The van der Waals surface area contributed by atoms with Gasteiger partial charge in [0.05, 0.1) is 9.92 Å². The fraction of sp³-hybridized carbons (Fsp3) is 0.107. The van der Waals surface area contributed by atoms with E-state index in [0.29, 0.717) is 17.1 Å². The minimum absolute atomic E-state index is 0.0124. The summed E-state index contributed by atoms with van der Waals surface area (Å²) in [5.74, 6) is -0.595. The molecule has 0 aliphatic carbocycles. The molecule has 0 aliphatic rings. The molecule has 11 heteroatoms. The molecule has 0 aromatic heterocycles. The van der Waals surface area contributed by atoms with E-state index < -0.39 is 26.0 Å². The molecule has 0 radical (unpaired) electrons. The number of carbonyl (C=O) groups is 1. The topological polar surface area (TPSA) is 121 Å². The number of amides is 1. The molecule has 0 aliphatic heterocycles. The predicted octanol–water partition coefficient (Wildman–Crippen LogP) is 6.12. The Kier molecular flexibility index (Phi) is 8.01. The lowest BCUT2D eigenvalue weighted by molar-refractivity contribution is 0.102. The molecule has 0 fully saturated rings. The Balaban J connectivity index is 1.50. The molecular weight excluding hydrogens is 558 g/mol. The molecule has 0 unspecified atom stereocenters. The number of nitrogens with one attached hydrogen (secondary N) is 3. The largest absolute Gasteiger partial charge is 0.322 e. The summed E-state index contributed by atoms with van der Waals surface area (Å²) >= 11 is 6.19. The molecule has 0 atom stereocenters. The van der Waals surface area contributed by atoms with E-state index in [1.54, 1.807) is 36.4 Å². The molecule has 0 heterocycles. The number of aryl methyl sites for hydroxylation is 3. The Morgan fingerprint density at radius 2 is 1.18 bits per heavy atom. The fourth-order valence-corrected chi connectivity index (χ4v) is 6.48. The smallest absolute Gasteiger partial charge is 0.263 e. The van der Waals surface area contributed by atoms with Gasteiger partial charge in [-0.15, -0.1) is 0 Å². The molecule has 1 amide bonds. The molecule has 4 aromatic rings. The normalized spacial score (nSPS) is 11.6. The van der Waals surface area contributed by atoms with Crippen LogP contribution >= 0.6 is 11.6 Å². The first-order valence-electron chi connectivity index (χ1n) is 11.7. The number of rotatable bonds is 8. The van der Waals surface area contributed by atoms with Crippen LogP contribution in [-0.4, -0.2) is 22.7 Å². The van der Waals surface area contributed by atoms with Gasteiger partial charge in [0.15, 0.2) is 0 Å². The second-order valence-corrected chi connectivity index (χ2v) is 12.8. The Morgan fingerprint density at radius 3 is 1.79 bits per heavy atom. The van der Waals surface area contributed by atoms with Crippen molar-refractivity contribution in [3.63, 3.8) is 0 Å². The summed E-state index contributed by atoms with van der Waals surface area (Å²) < 4.78 is 56.5. The maximum Gasteiger partial charge on any atom is 0.263 e. The average molecular weight is 584 g/mol. The average Bonchev–Trinajstić information content (AvgIpc) is 2.85. The van der Waals surface area contributed by atoms with Crippen LogP contribution in [0.4, 0.5) is 17.1 Å². The minimum Gasteiger partial charge on any atom is -0.322 e. The number of halogens is 1. The van der Waals surface area contributed by atoms with Gasteiger partial charge in [-0.25, -0.2) is 16.8 Å². The van der Waals surface area contributed by atoms with E-state index in [9.17, 15) is 21.6 Å². The van der Waals surface area contributed by atoms with Crippen LogP contribution in [-0.2, 0) is 20.0 Å². The second-order valence-electron chi connectivity index (χ2n) is 9.08. The highest BCUT2D eigenvalue weighted by molar-refractivity contribution is 7.93. The van der Waals surface area contributed by atoms with Crippen molar-refractivity contribution in [3.8, 4) is 0 Å². The van der Waals surface area contributed by atoms with E-state index in [2.05, 4.69) is 14.8 Å². The van der Waals surface area contributed by atoms with Crippen molar-refractivity contribution in [2.75, 3.05) is 14.8 Å². The number of hydrogen-bond acceptors (Lipinski definition) is 5. The van der Waals surface area contributed by atoms with Crippen LogP contribution in [0.5, 0.6) is 0 Å². The van der Waals surface area contributed by atoms with E-state index in [-0.39, 0.29) is 20.4 Å². The molecule has 4 rings (SSSR count). The van der Waals surface area contributed by atoms with E-state index >= 15 is 0 Å². The second kappa shape index (κ2) is 11.1. The summed E-state index contributed by atoms with van der Waals surface area (Å²) in [6.07, 6.45) is 0. The summed E-state index contributed by atoms with van der Waals surface area (Å²) in [4.78, 5) is 12.7. The van der Waals surface area contributed by atoms with Crippen molar-refractivity contribution in [2.24, 2.45) is 0 Å². The quantitative estimate of drug-likeness (QED) is 0.231. The van der Waals surface area contributed by atoms with E-state index in [1.165, 1.54) is 42.5 Å². The Hall–Kier alpha value is -3.86. The lowest BCUT2D eigenvalue weighted by atomic mass is 10.1. The zero-order valence-corrected chi connectivity index (χ0v) is 23.7. The van der Waals surface area contributed by atoms with Crippen LogP contribution in [0.1, 0.15) is 27.0 Å². The number of anilines is 3. The third-order valence-corrected chi connectivity index (χ3v) is 8.94. The van der Waals surface area contributed by atoms with Crippen molar-refractivity contribution in [1.82, 2.24) is 0 Å². The number of carbonyl (C=O) groups excluding carboxylic acids is 1. The fourth-order valence-electron chi connectivity index (χ4n) is 3.85. The van der Waals surface area contributed by atoms with Crippen molar-refractivity contribution in [3.05, 3.63) is 112 Å². The van der Waals surface area contributed by atoms with Gasteiger partial charge in [-0.2, -0.15) is 0 Å². The number of benzene rings is 4. The zero-order chi connectivity index (χ0) is 28.4. The van der Waals surface area contributed by atoms with Gasteiger partial charge >= 0.3 is 0 Å². The van der Waals surface area contributed by atoms with Crippen molar-refractivity contribution < 1.29 is 21.6 Å². The molecule has 202 valence electrons. The van der Waals surface area contributed by atoms with Crippen LogP contribution in [0.15, 0.2) is 94.7 Å². The van der Waals surface area contributed by atoms with Gasteiger partial charge in [-0.1, -0.05) is 35.4 Å². The zero-order valence-electron chi connectivity index (χ0n) is 21.3. The van der Waals surface area contributed by atoms with Crippen LogP contribution in [0.3, 0.4) is 0 Å². The van der Waals surface area contributed by atoms with E-state index in [1.807, 2.05) is 26.8 Å². The molecular formula is C28H26ClN3O5S2. The number of hydrogen-bond donors (Lipinski definition) is 3. The predicted molar refractivity (Wildman–Crippen MR) is 155 cm³/mol. The molecule has 0 saturated heterocycles. The minimum atomic E-state index is -4.09. The first kappa shape index (κ1) is 28.2. The Morgan fingerprint density at radius 1 is 0.615 bits per heavy atom. The van der Waals surface area contributed by atoms with Crippen LogP contribution in [0.2, 0.25) is 5.02 Å². The van der Waals surface area contributed by atoms with Crippen LogP contribution < -0.4 is 14.8 Å². The van der Waals surface area contributed by atoms with E-state index in [0.717, 1.165) is 16.7 Å². The van der Waals surface area contributed by atoms with Crippen molar-refractivity contribution in [1.29, 1.82) is 0 Å². The van der Waals surface area contributed by atoms with Gasteiger partial charge in [-0.3, -0.25) is 14.2 Å².